The minimum atomic E-state index is -0.591. The number of amides is 1. The first-order valence-electron chi connectivity index (χ1n) is 8.28. The van der Waals surface area contributed by atoms with Gasteiger partial charge in [-0.15, -0.1) is 0 Å². The molecule has 0 bridgehead atoms. The third kappa shape index (κ3) is 5.21. The average molecular weight is 343 g/mol. The lowest BCUT2D eigenvalue weighted by atomic mass is 10.0. The zero-order valence-electron chi connectivity index (χ0n) is 15.4. The van der Waals surface area contributed by atoms with E-state index >= 15 is 0 Å². The molecule has 1 aromatic carbocycles. The van der Waals surface area contributed by atoms with E-state index in [-0.39, 0.29) is 5.56 Å². The summed E-state index contributed by atoms with van der Waals surface area (Å²) in [5.41, 5.74) is 0.816. The molecule has 5 nitrogen and oxygen atoms in total. The van der Waals surface area contributed by atoms with Crippen molar-refractivity contribution < 1.29 is 13.9 Å². The Labute approximate surface area is 148 Å². The monoisotopic (exact) mass is 343 g/mol. The summed E-state index contributed by atoms with van der Waals surface area (Å²) >= 11 is 0. The number of rotatable bonds is 5. The summed E-state index contributed by atoms with van der Waals surface area (Å²) in [5, 5.41) is 2.79. The number of ether oxygens (including phenoxy) is 1. The lowest BCUT2D eigenvalue weighted by Crippen LogP contribution is -2.42. The second-order valence-corrected chi connectivity index (χ2v) is 7.11. The zero-order chi connectivity index (χ0) is 18.6. The maximum atomic E-state index is 12.3. The smallest absolute Gasteiger partial charge is 0.349 e. The highest BCUT2D eigenvalue weighted by Crippen LogP contribution is 2.15. The molecule has 2 rings (SSSR count). The Morgan fingerprint density at radius 3 is 2.32 bits per heavy atom. The van der Waals surface area contributed by atoms with Crippen LogP contribution in [0.4, 0.5) is 0 Å². The molecule has 0 atom stereocenters. The van der Waals surface area contributed by atoms with Crippen molar-refractivity contribution in [3.05, 3.63) is 63.2 Å². The van der Waals surface area contributed by atoms with E-state index < -0.39 is 17.1 Å². The lowest BCUT2D eigenvalue weighted by molar-refractivity contribution is 0.0914. The Kier molecular flexibility index (Phi) is 5.67. The zero-order valence-corrected chi connectivity index (χ0v) is 15.4. The van der Waals surface area contributed by atoms with Gasteiger partial charge in [-0.3, -0.25) is 4.79 Å². The van der Waals surface area contributed by atoms with Crippen molar-refractivity contribution in [3.8, 4) is 5.75 Å². The Balaban J connectivity index is 2.13. The Bertz CT molecular complexity index is 798. The van der Waals surface area contributed by atoms with Crippen molar-refractivity contribution in [2.24, 2.45) is 0 Å². The average Bonchev–Trinajstić information content (AvgIpc) is 2.51. The number of methoxy groups -OCH3 is 1. The van der Waals surface area contributed by atoms with Crippen LogP contribution in [0, 0.1) is 6.92 Å². The Hall–Kier alpha value is -2.56. The first-order chi connectivity index (χ1) is 11.7. The van der Waals surface area contributed by atoms with Crippen LogP contribution in [0.5, 0.6) is 5.75 Å². The fourth-order valence-corrected chi connectivity index (χ4v) is 2.53. The fraction of sp³-hybridized carbons (Fsp3) is 0.400. The summed E-state index contributed by atoms with van der Waals surface area (Å²) in [5.74, 6) is 0.978. The normalized spacial score (nSPS) is 11.2. The van der Waals surface area contributed by atoms with Gasteiger partial charge in [0.15, 0.2) is 0 Å². The number of carbonyl (C=O) groups is 1. The number of carbonyl (C=O) groups excluding carboxylic acids is 1. The summed E-state index contributed by atoms with van der Waals surface area (Å²) in [4.78, 5) is 24.5. The number of hydrogen-bond donors (Lipinski definition) is 1. The standard InChI is InChI=1S/C20H25NO4/c1-13-12-16(11-8-14-6-9-15(24-5)10-7-14)25-19(23)17(13)18(22)21-20(2,3)4/h6-7,9-10,12H,8,11H2,1-5H3,(H,21,22). The topological polar surface area (TPSA) is 68.5 Å². The molecule has 0 aliphatic heterocycles. The minimum Gasteiger partial charge on any atom is -0.497 e. The highest BCUT2D eigenvalue weighted by Gasteiger charge is 2.21. The van der Waals surface area contributed by atoms with Crippen molar-refractivity contribution in [2.75, 3.05) is 7.11 Å². The fourth-order valence-electron chi connectivity index (χ4n) is 2.53. The van der Waals surface area contributed by atoms with Gasteiger partial charge in [-0.25, -0.2) is 4.79 Å². The predicted octanol–water partition coefficient (Wildman–Crippen LogP) is 3.27. The van der Waals surface area contributed by atoms with Gasteiger partial charge in [0.1, 0.15) is 17.1 Å². The number of aryl methyl sites for hydroxylation is 3. The molecule has 1 aromatic heterocycles. The molecule has 0 aliphatic carbocycles. The molecule has 2 aromatic rings. The Morgan fingerprint density at radius 1 is 1.16 bits per heavy atom. The van der Waals surface area contributed by atoms with Gasteiger partial charge in [0.2, 0.25) is 0 Å². The van der Waals surface area contributed by atoms with Crippen LogP contribution >= 0.6 is 0 Å². The molecule has 0 spiro atoms. The third-order valence-electron chi connectivity index (χ3n) is 3.73. The minimum absolute atomic E-state index is 0.0723. The molecule has 0 saturated heterocycles. The molecule has 0 saturated carbocycles. The second-order valence-electron chi connectivity index (χ2n) is 7.11. The van der Waals surface area contributed by atoms with E-state index in [9.17, 15) is 9.59 Å². The summed E-state index contributed by atoms with van der Waals surface area (Å²) < 4.78 is 10.5. The van der Waals surface area contributed by atoms with Crippen molar-refractivity contribution in [3.63, 3.8) is 0 Å². The van der Waals surface area contributed by atoms with E-state index in [1.165, 1.54) is 0 Å². The van der Waals surface area contributed by atoms with E-state index in [1.807, 2.05) is 45.0 Å². The largest absolute Gasteiger partial charge is 0.497 e. The van der Waals surface area contributed by atoms with Gasteiger partial charge in [0.05, 0.1) is 7.11 Å². The van der Waals surface area contributed by atoms with Gasteiger partial charge in [-0.05, 0) is 63.4 Å². The van der Waals surface area contributed by atoms with E-state index in [0.717, 1.165) is 17.7 Å². The van der Waals surface area contributed by atoms with Gasteiger partial charge >= 0.3 is 5.63 Å². The first kappa shape index (κ1) is 18.8. The molecule has 25 heavy (non-hydrogen) atoms. The quantitative estimate of drug-likeness (QED) is 0.905. The third-order valence-corrected chi connectivity index (χ3v) is 3.73. The van der Waals surface area contributed by atoms with Crippen LogP contribution in [0.15, 0.2) is 39.5 Å². The van der Waals surface area contributed by atoms with Crippen LogP contribution in [0.1, 0.15) is 48.0 Å². The molecule has 5 heteroatoms. The molecule has 1 amide bonds. The van der Waals surface area contributed by atoms with Crippen molar-refractivity contribution in [1.29, 1.82) is 0 Å². The van der Waals surface area contributed by atoms with Crippen molar-refractivity contribution in [1.82, 2.24) is 5.32 Å². The summed E-state index contributed by atoms with van der Waals surface area (Å²) in [6.45, 7) is 7.35. The SMILES string of the molecule is COc1ccc(CCc2cc(C)c(C(=O)NC(C)(C)C)c(=O)o2)cc1. The summed E-state index contributed by atoms with van der Waals surface area (Å²) in [7, 11) is 1.63. The molecule has 0 unspecified atom stereocenters. The van der Waals surface area contributed by atoms with E-state index in [0.29, 0.717) is 17.7 Å². The highest BCUT2D eigenvalue weighted by molar-refractivity contribution is 5.95. The van der Waals surface area contributed by atoms with Crippen LogP contribution < -0.4 is 15.7 Å². The van der Waals surface area contributed by atoms with E-state index in [4.69, 9.17) is 9.15 Å². The van der Waals surface area contributed by atoms with Crippen LogP contribution in [0.2, 0.25) is 0 Å². The maximum absolute atomic E-state index is 12.3. The second kappa shape index (κ2) is 7.55. The number of nitrogens with one attached hydrogen (secondary N) is 1. The van der Waals surface area contributed by atoms with Crippen LogP contribution in [-0.2, 0) is 12.8 Å². The van der Waals surface area contributed by atoms with E-state index in [2.05, 4.69) is 5.32 Å². The van der Waals surface area contributed by atoms with Crippen molar-refractivity contribution >= 4 is 5.91 Å². The van der Waals surface area contributed by atoms with Gasteiger partial charge in [0, 0.05) is 12.0 Å². The molecular formula is C20H25NO4. The lowest BCUT2D eigenvalue weighted by Gasteiger charge is -2.20. The predicted molar refractivity (Wildman–Crippen MR) is 97.3 cm³/mol. The number of benzene rings is 1. The van der Waals surface area contributed by atoms with Gasteiger partial charge in [-0.1, -0.05) is 12.1 Å². The van der Waals surface area contributed by atoms with Crippen LogP contribution in [0.25, 0.3) is 0 Å². The molecule has 134 valence electrons. The summed E-state index contributed by atoms with van der Waals surface area (Å²) in [6.07, 6.45) is 1.32. The maximum Gasteiger partial charge on any atom is 0.349 e. The van der Waals surface area contributed by atoms with Gasteiger partial charge in [-0.2, -0.15) is 0 Å². The number of hydrogen-bond acceptors (Lipinski definition) is 4. The Morgan fingerprint density at radius 2 is 1.80 bits per heavy atom. The van der Waals surface area contributed by atoms with Crippen molar-refractivity contribution in [2.45, 2.75) is 46.1 Å². The van der Waals surface area contributed by atoms with Crippen LogP contribution in [-0.4, -0.2) is 18.6 Å². The molecule has 1 N–H and O–H groups in total. The summed E-state index contributed by atoms with van der Waals surface area (Å²) in [6, 6.07) is 9.53. The molecule has 0 aliphatic rings. The molecular weight excluding hydrogens is 318 g/mol. The van der Waals surface area contributed by atoms with Gasteiger partial charge < -0.3 is 14.5 Å². The molecule has 0 fully saturated rings. The van der Waals surface area contributed by atoms with Gasteiger partial charge in [0.25, 0.3) is 5.91 Å². The highest BCUT2D eigenvalue weighted by atomic mass is 16.5. The van der Waals surface area contributed by atoms with E-state index in [1.54, 1.807) is 20.1 Å². The first-order valence-corrected chi connectivity index (χ1v) is 8.28. The molecule has 1 heterocycles. The van der Waals surface area contributed by atoms with Crippen LogP contribution in [0.3, 0.4) is 0 Å². The molecule has 0 radical (unpaired) electrons.